The third-order valence-electron chi connectivity index (χ3n) is 23.2. The summed E-state index contributed by atoms with van der Waals surface area (Å²) < 4.78 is 20.4. The summed E-state index contributed by atoms with van der Waals surface area (Å²) in [5, 5.41) is 31.9. The summed E-state index contributed by atoms with van der Waals surface area (Å²) in [5.74, 6) is 0. The second kappa shape index (κ2) is 23.0. The number of benzene rings is 19. The molecule has 25 aromatic rings. The standard InChI is InChI=1S/C53H29NO2.C50H28N2O/c1-3-15-32-30(13-1)25-28-45-49(32)50-33-16-4-2-14-31(33)29-42(53(50)56-45)46-35-18-5-7-20-37(35)47(38-21-8-6-19-36(38)46)51-41-27-26-39-34-17-10-12-24-44(34)55-52(39)48(41)40-22-9-11-23-43(40)54-51;1-10-22-42-29(13-1)27-30-28-41(31-14-2-7-20-37(31)48(30)51-42)45-33-16-3-5-18-35(33)46(36-19-6-4-17-34(36)45)49-40-26-25-38-32-15-9-12-24-44(32)53-50(38)47(40)39-21-8-11-23-43(39)52-49/h1-29H;1-28H. The predicted molar refractivity (Wildman–Crippen MR) is 457 cm³/mol. The highest BCUT2D eigenvalue weighted by molar-refractivity contribution is 6.35. The van der Waals surface area contributed by atoms with E-state index in [1.54, 1.807) is 0 Å². The summed E-state index contributed by atoms with van der Waals surface area (Å²) in [5.41, 5.74) is 18.1. The minimum atomic E-state index is 0.887. The number of aromatic nitrogens is 3. The lowest BCUT2D eigenvalue weighted by Gasteiger charge is -2.20. The van der Waals surface area contributed by atoms with Crippen LogP contribution >= 0.6 is 0 Å². The van der Waals surface area contributed by atoms with Gasteiger partial charge in [-0.05, 0) is 148 Å². The Labute approximate surface area is 621 Å². The highest BCUT2D eigenvalue weighted by Crippen LogP contribution is 2.53. The van der Waals surface area contributed by atoms with Gasteiger partial charge in [-0.25, -0.2) is 15.0 Å². The van der Waals surface area contributed by atoms with Gasteiger partial charge in [0.15, 0.2) is 0 Å². The molecule has 0 N–H and O–H groups in total. The molecular weight excluding hydrogens is 1330 g/mol. The summed E-state index contributed by atoms with van der Waals surface area (Å²) in [6, 6.07) is 124. The van der Waals surface area contributed by atoms with Gasteiger partial charge in [0.1, 0.15) is 33.5 Å². The van der Waals surface area contributed by atoms with Crippen LogP contribution in [0.4, 0.5) is 0 Å². The molecule has 0 aliphatic rings. The van der Waals surface area contributed by atoms with Gasteiger partial charge in [-0.2, -0.15) is 0 Å². The van der Waals surface area contributed by atoms with Crippen LogP contribution < -0.4 is 0 Å². The average Bonchev–Trinajstić information content (AvgIpc) is 1.46. The van der Waals surface area contributed by atoms with E-state index in [4.69, 9.17) is 28.2 Å². The van der Waals surface area contributed by atoms with Crippen molar-refractivity contribution >= 4 is 206 Å². The largest absolute Gasteiger partial charge is 0.455 e. The summed E-state index contributed by atoms with van der Waals surface area (Å²) in [7, 11) is 0. The zero-order valence-corrected chi connectivity index (χ0v) is 58.5. The quantitative estimate of drug-likeness (QED) is 0.129. The number of fused-ring (bicyclic) bond motifs is 29. The molecule has 0 spiro atoms. The van der Waals surface area contributed by atoms with E-state index in [9.17, 15) is 0 Å². The Balaban J connectivity index is 0.000000128. The third-order valence-corrected chi connectivity index (χ3v) is 23.2. The number of furan rings is 3. The van der Waals surface area contributed by atoms with Gasteiger partial charge in [0.2, 0.25) is 0 Å². The Morgan fingerprint density at radius 3 is 1.06 bits per heavy atom. The van der Waals surface area contributed by atoms with Gasteiger partial charge in [-0.15, -0.1) is 0 Å². The minimum absolute atomic E-state index is 0.887. The van der Waals surface area contributed by atoms with Crippen LogP contribution in [0.15, 0.2) is 359 Å². The molecule has 0 unspecified atom stereocenters. The Morgan fingerprint density at radius 1 is 0.174 bits per heavy atom. The van der Waals surface area contributed by atoms with Crippen molar-refractivity contribution in [2.75, 3.05) is 0 Å². The maximum atomic E-state index is 7.02. The maximum absolute atomic E-state index is 7.02. The van der Waals surface area contributed by atoms with E-state index in [0.29, 0.717) is 0 Å². The predicted octanol–water partition coefficient (Wildman–Crippen LogP) is 28.9. The van der Waals surface area contributed by atoms with E-state index in [1.807, 2.05) is 12.1 Å². The molecule has 6 aromatic heterocycles. The first-order chi connectivity index (χ1) is 54.1. The van der Waals surface area contributed by atoms with Gasteiger partial charge in [-0.1, -0.05) is 279 Å². The van der Waals surface area contributed by atoms with E-state index in [0.717, 1.165) is 202 Å². The third kappa shape index (κ3) is 8.65. The van der Waals surface area contributed by atoms with Crippen molar-refractivity contribution in [3.63, 3.8) is 0 Å². The van der Waals surface area contributed by atoms with Crippen LogP contribution in [0.2, 0.25) is 0 Å². The average molecular weight is 1380 g/mol. The fraction of sp³-hybridized carbons (Fsp3) is 0. The molecule has 109 heavy (non-hydrogen) atoms. The molecular formula is C103H57N3O3. The zero-order chi connectivity index (χ0) is 71.1. The first-order valence-electron chi connectivity index (χ1n) is 37.2. The van der Waals surface area contributed by atoms with Gasteiger partial charge in [0.25, 0.3) is 0 Å². The van der Waals surface area contributed by atoms with E-state index >= 15 is 0 Å². The molecule has 0 saturated carbocycles. The lowest BCUT2D eigenvalue weighted by Crippen LogP contribution is -1.95. The molecule has 0 aliphatic heterocycles. The Bertz CT molecular complexity index is 8210. The van der Waals surface area contributed by atoms with Gasteiger partial charge in [0, 0.05) is 103 Å². The zero-order valence-electron chi connectivity index (χ0n) is 58.5. The second-order valence-corrected chi connectivity index (χ2v) is 28.9. The molecule has 19 aromatic carbocycles. The second-order valence-electron chi connectivity index (χ2n) is 28.9. The van der Waals surface area contributed by atoms with Crippen molar-refractivity contribution in [3.8, 4) is 44.8 Å². The number of hydrogen-bond acceptors (Lipinski definition) is 6. The molecule has 0 fully saturated rings. The number of pyridine rings is 3. The van der Waals surface area contributed by atoms with Crippen molar-refractivity contribution in [1.82, 2.24) is 15.0 Å². The summed E-state index contributed by atoms with van der Waals surface area (Å²) in [6.07, 6.45) is 0. The normalized spacial score (nSPS) is 12.2. The number of nitrogens with zero attached hydrogens (tertiary/aromatic N) is 3. The number of para-hydroxylation sites is 5. The van der Waals surface area contributed by atoms with Gasteiger partial charge >= 0.3 is 0 Å². The van der Waals surface area contributed by atoms with Crippen LogP contribution in [0.25, 0.3) is 251 Å². The molecule has 0 aliphatic carbocycles. The first-order valence-corrected chi connectivity index (χ1v) is 37.2. The van der Waals surface area contributed by atoms with Crippen LogP contribution in [0.5, 0.6) is 0 Å². The fourth-order valence-corrected chi connectivity index (χ4v) is 18.6. The molecule has 6 nitrogen and oxygen atoms in total. The van der Waals surface area contributed by atoms with Crippen molar-refractivity contribution in [2.24, 2.45) is 0 Å². The smallest absolute Gasteiger partial charge is 0.144 e. The summed E-state index contributed by atoms with van der Waals surface area (Å²) >= 11 is 0. The highest BCUT2D eigenvalue weighted by atomic mass is 16.3. The molecule has 6 heteroatoms. The van der Waals surface area contributed by atoms with Crippen molar-refractivity contribution in [1.29, 1.82) is 0 Å². The molecule has 0 radical (unpaired) electrons. The van der Waals surface area contributed by atoms with E-state index in [1.165, 1.54) is 48.8 Å². The molecule has 0 amide bonds. The van der Waals surface area contributed by atoms with E-state index < -0.39 is 0 Å². The van der Waals surface area contributed by atoms with E-state index in [2.05, 4.69) is 334 Å². The van der Waals surface area contributed by atoms with Crippen molar-refractivity contribution in [2.45, 2.75) is 0 Å². The van der Waals surface area contributed by atoms with Crippen LogP contribution in [0, 0.1) is 0 Å². The molecule has 25 rings (SSSR count). The number of hydrogen-bond donors (Lipinski definition) is 0. The highest BCUT2D eigenvalue weighted by Gasteiger charge is 2.28. The minimum Gasteiger partial charge on any atom is -0.455 e. The molecule has 6 heterocycles. The first kappa shape index (κ1) is 59.8. The Morgan fingerprint density at radius 2 is 0.541 bits per heavy atom. The van der Waals surface area contributed by atoms with Gasteiger partial charge < -0.3 is 13.3 Å². The summed E-state index contributed by atoms with van der Waals surface area (Å²) in [6.45, 7) is 0. The van der Waals surface area contributed by atoms with Crippen molar-refractivity contribution < 1.29 is 13.3 Å². The lowest BCUT2D eigenvalue weighted by atomic mass is 9.84. The van der Waals surface area contributed by atoms with E-state index in [-0.39, 0.29) is 0 Å². The summed E-state index contributed by atoms with van der Waals surface area (Å²) in [4.78, 5) is 16.2. The SMILES string of the molecule is c1ccc2c(c1)ccc1oc3c(-c4c5ccccc5c(-c5nc6ccccc6c6c5ccc5c7ccccc7oc56)c5ccccc45)cc4ccccc4c3c12.c1ccc2nc3c(cc(-c4c5ccccc5c(-c5nc6ccccc6c6c5ccc5c7ccccc7oc56)c5ccccc45)c4ccccc43)cc2c1. The van der Waals surface area contributed by atoms with Gasteiger partial charge in [-0.3, -0.25) is 0 Å². The molecule has 0 saturated heterocycles. The molecule has 0 bridgehead atoms. The number of rotatable bonds is 4. The van der Waals surface area contributed by atoms with Gasteiger partial charge in [0.05, 0.1) is 33.5 Å². The lowest BCUT2D eigenvalue weighted by molar-refractivity contribution is 0.670. The monoisotopic (exact) mass is 1380 g/mol. The van der Waals surface area contributed by atoms with Crippen molar-refractivity contribution in [3.05, 3.63) is 346 Å². The van der Waals surface area contributed by atoms with Crippen LogP contribution in [-0.4, -0.2) is 15.0 Å². The maximum Gasteiger partial charge on any atom is 0.144 e. The molecule has 502 valence electrons. The van der Waals surface area contributed by atoms with Crippen LogP contribution in [0.3, 0.4) is 0 Å². The fourth-order valence-electron chi connectivity index (χ4n) is 18.6. The van der Waals surface area contributed by atoms with Crippen LogP contribution in [0.1, 0.15) is 0 Å². The Hall–Kier alpha value is -14.6. The Kier molecular flexibility index (Phi) is 12.6. The topological polar surface area (TPSA) is 78.1 Å². The van der Waals surface area contributed by atoms with Crippen LogP contribution in [-0.2, 0) is 0 Å². The molecule has 0 atom stereocenters.